The molecule has 0 fully saturated rings. The minimum atomic E-state index is 1.06. The molecule has 11 aromatic rings. The summed E-state index contributed by atoms with van der Waals surface area (Å²) >= 11 is 0. The van der Waals surface area contributed by atoms with Crippen LogP contribution in [0.2, 0.25) is 0 Å². The summed E-state index contributed by atoms with van der Waals surface area (Å²) < 4.78 is 0. The average molecular weight is 899 g/mol. The molecule has 0 spiro atoms. The van der Waals surface area contributed by atoms with Crippen LogP contribution in [-0.4, -0.2) is 0 Å². The maximum Gasteiger partial charge on any atom is 0.0463 e. The molecule has 0 aliphatic carbocycles. The van der Waals surface area contributed by atoms with Crippen LogP contribution in [0, 0.1) is 0 Å². The Morgan fingerprint density at radius 1 is 0.114 bits per heavy atom. The summed E-state index contributed by atoms with van der Waals surface area (Å²) in [7, 11) is 0. The lowest BCUT2D eigenvalue weighted by Gasteiger charge is -2.29. The van der Waals surface area contributed by atoms with E-state index in [4.69, 9.17) is 0 Å². The van der Waals surface area contributed by atoms with Crippen molar-refractivity contribution in [1.29, 1.82) is 0 Å². The highest BCUT2D eigenvalue weighted by Gasteiger charge is 2.19. The van der Waals surface area contributed by atoms with Crippen molar-refractivity contribution in [3.05, 3.63) is 303 Å². The van der Waals surface area contributed by atoms with E-state index < -0.39 is 0 Å². The van der Waals surface area contributed by atoms with Crippen molar-refractivity contribution >= 4 is 68.2 Å². The molecule has 0 N–H and O–H groups in total. The van der Waals surface area contributed by atoms with Gasteiger partial charge < -0.3 is 19.6 Å². The molecule has 0 aliphatic heterocycles. The third-order valence-electron chi connectivity index (χ3n) is 12.6. The second-order valence-corrected chi connectivity index (χ2v) is 17.1. The molecule has 70 heavy (non-hydrogen) atoms. The van der Waals surface area contributed by atoms with Crippen LogP contribution in [0.4, 0.5) is 68.2 Å². The van der Waals surface area contributed by atoms with Crippen molar-refractivity contribution in [1.82, 2.24) is 0 Å². The number of anilines is 12. The van der Waals surface area contributed by atoms with Gasteiger partial charge in [-0.25, -0.2) is 0 Å². The molecule has 0 saturated carbocycles. The van der Waals surface area contributed by atoms with Crippen molar-refractivity contribution < 1.29 is 0 Å². The Balaban J connectivity index is 0.922. The summed E-state index contributed by atoms with van der Waals surface area (Å²) in [5.74, 6) is 0. The molecule has 4 nitrogen and oxygen atoms in total. The molecule has 0 bridgehead atoms. The van der Waals surface area contributed by atoms with E-state index in [2.05, 4.69) is 323 Å². The average Bonchev–Trinajstić information content (AvgIpc) is 3.44. The van der Waals surface area contributed by atoms with Gasteiger partial charge in [-0.05, 0) is 168 Å². The molecule has 0 unspecified atom stereocenters. The fraction of sp³-hybridized carbons (Fsp3) is 0. The Hall–Kier alpha value is -9.38. The first-order valence-corrected chi connectivity index (χ1v) is 23.8. The predicted octanol–water partition coefficient (Wildman–Crippen LogP) is 18.9. The maximum absolute atomic E-state index is 2.34. The second kappa shape index (κ2) is 20.2. The number of rotatable bonds is 14. The standard InChI is InChI=1S/C66H50N4/c1-7-19-51(20-8-1)52-31-37-61(38-32-52)70(62-41-35-54(36-42-62)53-33-39-60(40-34-53)67(55-21-9-2-10-22-55)56-23-11-3-12-24-56)66-49-47-65(48-50-66)69(59-29-17-6-18-30-59)64-45-43-63(44-46-64)68(57-25-13-4-14-26-57)58-27-15-5-16-28-58/h1-50H. The van der Waals surface area contributed by atoms with Gasteiger partial charge in [0, 0.05) is 68.2 Å². The first kappa shape index (κ1) is 43.2. The number of nitrogens with zero attached hydrogens (tertiary/aromatic N) is 4. The van der Waals surface area contributed by atoms with Crippen LogP contribution in [-0.2, 0) is 0 Å². The lowest BCUT2D eigenvalue weighted by atomic mass is 10.0. The van der Waals surface area contributed by atoms with Crippen LogP contribution < -0.4 is 19.6 Å². The predicted molar refractivity (Wildman–Crippen MR) is 296 cm³/mol. The fourth-order valence-corrected chi connectivity index (χ4v) is 9.22. The summed E-state index contributed by atoms with van der Waals surface area (Å²) in [5, 5.41) is 0. The van der Waals surface area contributed by atoms with E-state index in [0.717, 1.165) is 79.4 Å². The zero-order valence-electron chi connectivity index (χ0n) is 38.7. The number of hydrogen-bond acceptors (Lipinski definition) is 4. The van der Waals surface area contributed by atoms with Crippen molar-refractivity contribution in [2.24, 2.45) is 0 Å². The summed E-state index contributed by atoms with van der Waals surface area (Å²) in [6.07, 6.45) is 0. The highest BCUT2D eigenvalue weighted by molar-refractivity contribution is 5.85. The van der Waals surface area contributed by atoms with E-state index in [9.17, 15) is 0 Å². The summed E-state index contributed by atoms with van der Waals surface area (Å²) in [5.41, 5.74) is 17.7. The largest absolute Gasteiger partial charge is 0.311 e. The summed E-state index contributed by atoms with van der Waals surface area (Å²) in [4.78, 5) is 9.25. The Morgan fingerprint density at radius 2 is 0.243 bits per heavy atom. The Kier molecular flexibility index (Phi) is 12.5. The van der Waals surface area contributed by atoms with Gasteiger partial charge in [0.05, 0.1) is 0 Å². The molecule has 0 amide bonds. The topological polar surface area (TPSA) is 13.0 Å². The van der Waals surface area contributed by atoms with Gasteiger partial charge in [0.15, 0.2) is 0 Å². The molecule has 0 heterocycles. The first-order valence-electron chi connectivity index (χ1n) is 23.8. The zero-order valence-corrected chi connectivity index (χ0v) is 38.7. The molecule has 11 aromatic carbocycles. The Morgan fingerprint density at radius 3 is 0.429 bits per heavy atom. The minimum absolute atomic E-state index is 1.06. The molecule has 11 rings (SSSR count). The van der Waals surface area contributed by atoms with Crippen molar-refractivity contribution in [2.45, 2.75) is 0 Å². The third-order valence-corrected chi connectivity index (χ3v) is 12.6. The number of benzene rings is 11. The molecule has 0 atom stereocenters. The van der Waals surface area contributed by atoms with Crippen LogP contribution in [0.3, 0.4) is 0 Å². The smallest absolute Gasteiger partial charge is 0.0463 e. The fourth-order valence-electron chi connectivity index (χ4n) is 9.22. The van der Waals surface area contributed by atoms with Crippen LogP contribution in [0.1, 0.15) is 0 Å². The van der Waals surface area contributed by atoms with E-state index in [0.29, 0.717) is 0 Å². The van der Waals surface area contributed by atoms with E-state index in [1.165, 1.54) is 11.1 Å². The monoisotopic (exact) mass is 898 g/mol. The zero-order chi connectivity index (χ0) is 46.9. The molecule has 0 radical (unpaired) electrons. The van der Waals surface area contributed by atoms with E-state index >= 15 is 0 Å². The van der Waals surface area contributed by atoms with Gasteiger partial charge in [-0.2, -0.15) is 0 Å². The molecule has 0 aliphatic rings. The highest BCUT2D eigenvalue weighted by Crippen LogP contribution is 2.42. The second-order valence-electron chi connectivity index (χ2n) is 17.1. The lowest BCUT2D eigenvalue weighted by molar-refractivity contribution is 1.24. The first-order chi connectivity index (χ1) is 34.7. The van der Waals surface area contributed by atoms with Gasteiger partial charge in [-0.1, -0.05) is 158 Å². The molecule has 0 aromatic heterocycles. The molecule has 334 valence electrons. The van der Waals surface area contributed by atoms with Crippen LogP contribution in [0.5, 0.6) is 0 Å². The van der Waals surface area contributed by atoms with Gasteiger partial charge in [0.1, 0.15) is 0 Å². The van der Waals surface area contributed by atoms with Gasteiger partial charge in [-0.3, -0.25) is 0 Å². The van der Waals surface area contributed by atoms with Crippen LogP contribution >= 0.6 is 0 Å². The molecule has 4 heteroatoms. The Labute approximate surface area is 411 Å². The van der Waals surface area contributed by atoms with Gasteiger partial charge in [0.2, 0.25) is 0 Å². The molecule has 0 saturated heterocycles. The van der Waals surface area contributed by atoms with Gasteiger partial charge >= 0.3 is 0 Å². The lowest BCUT2D eigenvalue weighted by Crippen LogP contribution is -2.13. The number of para-hydroxylation sites is 5. The Bertz CT molecular complexity index is 3270. The van der Waals surface area contributed by atoms with Gasteiger partial charge in [-0.15, -0.1) is 0 Å². The van der Waals surface area contributed by atoms with E-state index in [1.807, 2.05) is 0 Å². The molecular formula is C66H50N4. The summed E-state index contributed by atoms with van der Waals surface area (Å²) in [6, 6.07) is 108. The normalized spacial score (nSPS) is 10.9. The minimum Gasteiger partial charge on any atom is -0.311 e. The number of hydrogen-bond donors (Lipinski definition) is 0. The third kappa shape index (κ3) is 9.31. The van der Waals surface area contributed by atoms with Crippen molar-refractivity contribution in [2.75, 3.05) is 19.6 Å². The quantitative estimate of drug-likeness (QED) is 0.108. The van der Waals surface area contributed by atoms with Gasteiger partial charge in [0.25, 0.3) is 0 Å². The molecular weight excluding hydrogens is 849 g/mol. The summed E-state index contributed by atoms with van der Waals surface area (Å²) in [6.45, 7) is 0. The van der Waals surface area contributed by atoms with E-state index in [1.54, 1.807) is 0 Å². The van der Waals surface area contributed by atoms with E-state index in [-0.39, 0.29) is 0 Å². The van der Waals surface area contributed by atoms with Crippen molar-refractivity contribution in [3.8, 4) is 22.3 Å². The SMILES string of the molecule is c1ccc(-c2ccc(N(c3ccc(-c4ccc(N(c5ccccc5)c5ccccc5)cc4)cc3)c3ccc(N(c4ccccc4)c4ccc(N(c5ccccc5)c5ccccc5)cc4)cc3)cc2)cc1. The van der Waals surface area contributed by atoms with Crippen LogP contribution in [0.25, 0.3) is 22.3 Å². The van der Waals surface area contributed by atoms with Crippen molar-refractivity contribution in [3.63, 3.8) is 0 Å². The van der Waals surface area contributed by atoms with Crippen LogP contribution in [0.15, 0.2) is 303 Å². The highest BCUT2D eigenvalue weighted by atomic mass is 15.2. The maximum atomic E-state index is 2.34.